The van der Waals surface area contributed by atoms with Crippen molar-refractivity contribution in [3.8, 4) is 0 Å². The van der Waals surface area contributed by atoms with Crippen LogP contribution in [0.4, 0.5) is 5.69 Å². The Morgan fingerprint density at radius 2 is 1.90 bits per heavy atom. The molecule has 4 atom stereocenters. The Morgan fingerprint density at radius 3 is 2.48 bits per heavy atom. The van der Waals surface area contributed by atoms with Gasteiger partial charge in [0.05, 0.1) is 36.4 Å². The predicted molar refractivity (Wildman–Crippen MR) is 105 cm³/mol. The summed E-state index contributed by atoms with van der Waals surface area (Å²) in [5.41, 5.74) is 0.245. The number of hydrogen-bond donors (Lipinski definition) is 1. The lowest BCUT2D eigenvalue weighted by Crippen LogP contribution is -2.56. The highest BCUT2D eigenvalue weighted by molar-refractivity contribution is 6.24. The van der Waals surface area contributed by atoms with E-state index in [1.807, 2.05) is 26.0 Å². The fourth-order valence-electron chi connectivity index (χ4n) is 4.58. The van der Waals surface area contributed by atoms with Gasteiger partial charge in [-0.25, -0.2) is 4.90 Å². The van der Waals surface area contributed by atoms with Crippen molar-refractivity contribution in [1.29, 1.82) is 0 Å². The second kappa shape index (κ2) is 7.15. The molecule has 2 saturated heterocycles. The Hall–Kier alpha value is -2.93. The lowest BCUT2D eigenvalue weighted by Gasteiger charge is -2.31. The Bertz CT molecular complexity index is 937. The minimum atomic E-state index is -1.29. The molecule has 0 saturated carbocycles. The first-order valence-electron chi connectivity index (χ1n) is 9.87. The number of benzene rings is 1. The highest BCUT2D eigenvalue weighted by atomic mass is 16.5. The van der Waals surface area contributed by atoms with Gasteiger partial charge in [-0.3, -0.25) is 19.7 Å². The van der Waals surface area contributed by atoms with Gasteiger partial charge in [0.15, 0.2) is 0 Å². The quantitative estimate of drug-likeness (QED) is 0.618. The highest BCUT2D eigenvalue weighted by Crippen LogP contribution is 2.51. The van der Waals surface area contributed by atoms with Crippen LogP contribution in [0.1, 0.15) is 37.6 Å². The summed E-state index contributed by atoms with van der Waals surface area (Å²) in [6, 6.07) is 10.1. The molecule has 1 aromatic heterocycles. The van der Waals surface area contributed by atoms with E-state index in [1.165, 1.54) is 11.2 Å². The molecular formula is C22H24N2O5. The summed E-state index contributed by atoms with van der Waals surface area (Å²) in [6.45, 7) is 5.66. The summed E-state index contributed by atoms with van der Waals surface area (Å²) in [7, 11) is 0. The summed E-state index contributed by atoms with van der Waals surface area (Å²) >= 11 is 0. The number of imide groups is 1. The first-order valence-corrected chi connectivity index (χ1v) is 9.87. The SMILES string of the molecule is CCOC(=O)[C@]1(CC)N[C@@H](c2ccco2)[C@H]2C(=O)N(c3ccc(C)cc3)C(=O)[C@@H]21. The minimum absolute atomic E-state index is 0.189. The highest BCUT2D eigenvalue weighted by Gasteiger charge is 2.68. The zero-order valence-electron chi connectivity index (χ0n) is 16.7. The van der Waals surface area contributed by atoms with Gasteiger partial charge in [-0.2, -0.15) is 0 Å². The monoisotopic (exact) mass is 396 g/mol. The van der Waals surface area contributed by atoms with Gasteiger partial charge in [0.2, 0.25) is 11.8 Å². The number of rotatable bonds is 5. The van der Waals surface area contributed by atoms with Crippen molar-refractivity contribution in [2.45, 2.75) is 38.8 Å². The van der Waals surface area contributed by atoms with Gasteiger partial charge in [0.25, 0.3) is 0 Å². The molecule has 0 aliphatic carbocycles. The van der Waals surface area contributed by atoms with E-state index in [0.717, 1.165) is 5.56 Å². The molecular weight excluding hydrogens is 372 g/mol. The van der Waals surface area contributed by atoms with Crippen LogP contribution >= 0.6 is 0 Å². The fraction of sp³-hybridized carbons (Fsp3) is 0.409. The molecule has 152 valence electrons. The third-order valence-corrected chi connectivity index (χ3v) is 5.99. The molecule has 29 heavy (non-hydrogen) atoms. The van der Waals surface area contributed by atoms with Crippen LogP contribution in [0.5, 0.6) is 0 Å². The zero-order valence-corrected chi connectivity index (χ0v) is 16.7. The maximum absolute atomic E-state index is 13.5. The second-order valence-electron chi connectivity index (χ2n) is 7.53. The number of carbonyl (C=O) groups is 3. The van der Waals surface area contributed by atoms with E-state index in [2.05, 4.69) is 5.32 Å². The summed E-state index contributed by atoms with van der Waals surface area (Å²) in [5.74, 6) is -2.34. The first-order chi connectivity index (χ1) is 13.9. The number of amides is 2. The number of aryl methyl sites for hydroxylation is 1. The molecule has 2 amide bonds. The van der Waals surface area contributed by atoms with Crippen LogP contribution in [0.2, 0.25) is 0 Å². The van der Waals surface area contributed by atoms with Crippen LogP contribution in [-0.2, 0) is 19.1 Å². The summed E-state index contributed by atoms with van der Waals surface area (Å²) in [4.78, 5) is 41.2. The van der Waals surface area contributed by atoms with Crippen LogP contribution in [0.25, 0.3) is 0 Å². The van der Waals surface area contributed by atoms with E-state index in [9.17, 15) is 14.4 Å². The summed E-state index contributed by atoms with van der Waals surface area (Å²) in [6.07, 6.45) is 1.83. The van der Waals surface area contributed by atoms with E-state index in [-0.39, 0.29) is 18.4 Å². The molecule has 0 unspecified atom stereocenters. The zero-order chi connectivity index (χ0) is 20.8. The van der Waals surface area contributed by atoms with Crippen LogP contribution < -0.4 is 10.2 Å². The third-order valence-electron chi connectivity index (χ3n) is 5.99. The molecule has 0 radical (unpaired) electrons. The Labute approximate surface area is 169 Å². The van der Waals surface area contributed by atoms with E-state index in [1.54, 1.807) is 31.2 Å². The van der Waals surface area contributed by atoms with Crippen LogP contribution in [0.3, 0.4) is 0 Å². The first kappa shape index (κ1) is 19.4. The number of fused-ring (bicyclic) bond motifs is 1. The van der Waals surface area contributed by atoms with Crippen molar-refractivity contribution in [3.05, 3.63) is 54.0 Å². The molecule has 3 heterocycles. The smallest absolute Gasteiger partial charge is 0.327 e. The lowest BCUT2D eigenvalue weighted by atomic mass is 9.78. The predicted octanol–water partition coefficient (Wildman–Crippen LogP) is 2.75. The van der Waals surface area contributed by atoms with E-state index in [4.69, 9.17) is 9.15 Å². The standard InChI is InChI=1S/C22H24N2O5/c1-4-22(21(27)28-5-2)17-16(18(23-22)15-7-6-12-29-15)19(25)24(20(17)26)14-10-8-13(3)9-11-14/h6-12,16-18,23H,4-5H2,1-3H3/t16-,17+,18-,22+/m0/s1. The van der Waals surface area contributed by atoms with Crippen molar-refractivity contribution >= 4 is 23.5 Å². The van der Waals surface area contributed by atoms with E-state index in [0.29, 0.717) is 17.9 Å². The molecule has 2 aliphatic heterocycles. The lowest BCUT2D eigenvalue weighted by molar-refractivity contribution is -0.154. The number of carbonyl (C=O) groups excluding carboxylic acids is 3. The number of esters is 1. The molecule has 2 fully saturated rings. The minimum Gasteiger partial charge on any atom is -0.468 e. The number of hydrogen-bond acceptors (Lipinski definition) is 6. The van der Waals surface area contributed by atoms with Crippen LogP contribution in [-0.4, -0.2) is 29.9 Å². The summed E-state index contributed by atoms with van der Waals surface area (Å²) < 4.78 is 10.9. The number of anilines is 1. The topological polar surface area (TPSA) is 88.8 Å². The van der Waals surface area contributed by atoms with Gasteiger partial charge < -0.3 is 9.15 Å². The normalized spacial score (nSPS) is 28.7. The molecule has 1 aromatic carbocycles. The van der Waals surface area contributed by atoms with Crippen LogP contribution in [0.15, 0.2) is 47.1 Å². The van der Waals surface area contributed by atoms with Gasteiger partial charge >= 0.3 is 5.97 Å². The fourth-order valence-corrected chi connectivity index (χ4v) is 4.58. The second-order valence-corrected chi connectivity index (χ2v) is 7.53. The molecule has 0 spiro atoms. The van der Waals surface area contributed by atoms with Crippen LogP contribution in [0, 0.1) is 18.8 Å². The number of nitrogens with zero attached hydrogens (tertiary/aromatic N) is 1. The molecule has 7 nitrogen and oxygen atoms in total. The van der Waals surface area contributed by atoms with Gasteiger partial charge in [0.1, 0.15) is 11.3 Å². The van der Waals surface area contributed by atoms with E-state index >= 15 is 0 Å². The Balaban J connectivity index is 1.83. The maximum Gasteiger partial charge on any atom is 0.327 e. The Morgan fingerprint density at radius 1 is 1.17 bits per heavy atom. The maximum atomic E-state index is 13.5. The average molecular weight is 396 g/mol. The van der Waals surface area contributed by atoms with Gasteiger partial charge in [0, 0.05) is 0 Å². The Kier molecular flexibility index (Phi) is 4.78. The van der Waals surface area contributed by atoms with Crippen molar-refractivity contribution in [2.75, 3.05) is 11.5 Å². The van der Waals surface area contributed by atoms with Gasteiger partial charge in [-0.05, 0) is 44.5 Å². The number of furan rings is 1. The largest absolute Gasteiger partial charge is 0.468 e. The molecule has 7 heteroatoms. The average Bonchev–Trinajstić information content (AvgIpc) is 3.40. The van der Waals surface area contributed by atoms with Gasteiger partial charge in [-0.1, -0.05) is 24.6 Å². The number of ether oxygens (including phenoxy) is 1. The van der Waals surface area contributed by atoms with Crippen molar-refractivity contribution < 1.29 is 23.5 Å². The van der Waals surface area contributed by atoms with Crippen molar-refractivity contribution in [2.24, 2.45) is 11.8 Å². The molecule has 0 bridgehead atoms. The van der Waals surface area contributed by atoms with Crippen molar-refractivity contribution in [1.82, 2.24) is 5.32 Å². The van der Waals surface area contributed by atoms with Gasteiger partial charge in [-0.15, -0.1) is 0 Å². The molecule has 2 aliphatic rings. The summed E-state index contributed by atoms with van der Waals surface area (Å²) in [5, 5.41) is 3.25. The third kappa shape index (κ3) is 2.80. The molecule has 1 N–H and O–H groups in total. The molecule has 4 rings (SSSR count). The van der Waals surface area contributed by atoms with E-state index < -0.39 is 29.4 Å². The molecule has 2 aromatic rings. The number of nitrogens with one attached hydrogen (secondary N) is 1. The van der Waals surface area contributed by atoms with Crippen molar-refractivity contribution in [3.63, 3.8) is 0 Å².